The molecule has 1 aliphatic heterocycles. The predicted octanol–water partition coefficient (Wildman–Crippen LogP) is 3.22. The molecule has 0 unspecified atom stereocenters. The second-order valence-electron chi connectivity index (χ2n) is 4.00. The Bertz CT molecular complexity index is 382. The second kappa shape index (κ2) is 8.16. The first kappa shape index (κ1) is 17.0. The van der Waals surface area contributed by atoms with E-state index in [2.05, 4.69) is 4.98 Å². The lowest BCUT2D eigenvalue weighted by Crippen LogP contribution is -2.37. The summed E-state index contributed by atoms with van der Waals surface area (Å²) in [5, 5.41) is 0. The molecule has 0 N–H and O–H groups in total. The zero-order valence-electron chi connectivity index (χ0n) is 10.3. The van der Waals surface area contributed by atoms with Gasteiger partial charge < -0.3 is 9.64 Å². The van der Waals surface area contributed by atoms with E-state index in [0.29, 0.717) is 5.75 Å². The van der Waals surface area contributed by atoms with E-state index in [4.69, 9.17) is 4.74 Å². The van der Waals surface area contributed by atoms with Gasteiger partial charge in [-0.1, -0.05) is 0 Å². The van der Waals surface area contributed by atoms with E-state index >= 15 is 0 Å². The highest BCUT2D eigenvalue weighted by Gasteiger charge is 2.18. The van der Waals surface area contributed by atoms with Crippen LogP contribution in [-0.2, 0) is 0 Å². The molecule has 18 heavy (non-hydrogen) atoms. The quantitative estimate of drug-likeness (QED) is 0.798. The van der Waals surface area contributed by atoms with Crippen molar-refractivity contribution in [2.75, 3.05) is 13.1 Å². The third-order valence-corrected chi connectivity index (χ3v) is 2.77. The van der Waals surface area contributed by atoms with Gasteiger partial charge in [-0.2, -0.15) is 0 Å². The zero-order chi connectivity index (χ0) is 11.4. The van der Waals surface area contributed by atoms with Gasteiger partial charge in [-0.25, -0.2) is 4.79 Å². The van der Waals surface area contributed by atoms with Gasteiger partial charge in [0.25, 0.3) is 0 Å². The molecule has 1 amide bonds. The highest BCUT2D eigenvalue weighted by Crippen LogP contribution is 2.16. The van der Waals surface area contributed by atoms with Crippen molar-refractivity contribution in [3.63, 3.8) is 0 Å². The number of hydrogen-bond donors (Lipinski definition) is 0. The van der Waals surface area contributed by atoms with Gasteiger partial charge in [0.2, 0.25) is 0 Å². The molecule has 0 atom stereocenters. The second-order valence-corrected chi connectivity index (χ2v) is 4.00. The van der Waals surface area contributed by atoms with Crippen molar-refractivity contribution in [2.24, 2.45) is 0 Å². The van der Waals surface area contributed by atoms with Crippen molar-refractivity contribution in [1.82, 2.24) is 9.88 Å². The third kappa shape index (κ3) is 4.35. The molecule has 0 radical (unpaired) electrons. The lowest BCUT2D eigenvalue weighted by Gasteiger charge is -2.25. The van der Waals surface area contributed by atoms with Crippen LogP contribution in [0, 0.1) is 6.92 Å². The van der Waals surface area contributed by atoms with Crippen LogP contribution in [0.2, 0.25) is 0 Å². The van der Waals surface area contributed by atoms with Crippen molar-refractivity contribution in [3.05, 3.63) is 24.0 Å². The topological polar surface area (TPSA) is 42.4 Å². The minimum absolute atomic E-state index is 0. The lowest BCUT2D eigenvalue weighted by molar-refractivity contribution is 0.142. The number of halogens is 2. The molecule has 4 nitrogen and oxygen atoms in total. The first-order valence-corrected chi connectivity index (χ1v) is 5.66. The maximum absolute atomic E-state index is 11.8. The molecule has 0 aliphatic carbocycles. The summed E-state index contributed by atoms with van der Waals surface area (Å²) in [7, 11) is 0. The van der Waals surface area contributed by atoms with Gasteiger partial charge in [0.15, 0.2) is 5.75 Å². The van der Waals surface area contributed by atoms with Crippen LogP contribution >= 0.6 is 24.8 Å². The number of aromatic nitrogens is 1. The Morgan fingerprint density at radius 1 is 1.28 bits per heavy atom. The number of likely N-dealkylation sites (tertiary alicyclic amines) is 1. The van der Waals surface area contributed by atoms with Crippen molar-refractivity contribution < 1.29 is 9.53 Å². The summed E-state index contributed by atoms with van der Waals surface area (Å²) in [5.41, 5.74) is 0.743. The van der Waals surface area contributed by atoms with Gasteiger partial charge in [0, 0.05) is 19.3 Å². The Balaban J connectivity index is 0.00000144. The van der Waals surface area contributed by atoms with E-state index in [0.717, 1.165) is 31.6 Å². The monoisotopic (exact) mass is 292 g/mol. The summed E-state index contributed by atoms with van der Waals surface area (Å²) in [4.78, 5) is 17.6. The smallest absolute Gasteiger partial charge is 0.408 e. The third-order valence-electron chi connectivity index (χ3n) is 2.77. The molecule has 2 heterocycles. The molecule has 1 aromatic heterocycles. The van der Waals surface area contributed by atoms with Crippen LogP contribution in [0.3, 0.4) is 0 Å². The molecule has 0 saturated carbocycles. The lowest BCUT2D eigenvalue weighted by atomic mass is 10.1. The molecular formula is C12H18Cl2N2O2. The SMILES string of the molecule is Cc1ncccc1OC(=O)N1CCCCC1.Cl.Cl. The molecule has 1 aliphatic rings. The van der Waals surface area contributed by atoms with Crippen LogP contribution in [-0.4, -0.2) is 29.1 Å². The Labute approximate surface area is 120 Å². The number of amides is 1. The Hall–Kier alpha value is -1.00. The molecule has 1 fully saturated rings. The molecule has 0 aromatic carbocycles. The van der Waals surface area contributed by atoms with Crippen molar-refractivity contribution in [1.29, 1.82) is 0 Å². The minimum atomic E-state index is -0.254. The summed E-state index contributed by atoms with van der Waals surface area (Å²) in [6.07, 6.45) is 4.78. The van der Waals surface area contributed by atoms with Gasteiger partial charge in [0.05, 0.1) is 5.69 Å². The van der Waals surface area contributed by atoms with E-state index in [1.165, 1.54) is 6.42 Å². The molecule has 102 valence electrons. The average Bonchev–Trinajstić information content (AvgIpc) is 2.33. The standard InChI is InChI=1S/C12H16N2O2.2ClH/c1-10-11(6-5-7-13-10)16-12(15)14-8-3-2-4-9-14;;/h5-7H,2-4,8-9H2,1H3;2*1H. The number of carbonyl (C=O) groups excluding carboxylic acids is 1. The van der Waals surface area contributed by atoms with Crippen LogP contribution in [0.15, 0.2) is 18.3 Å². The van der Waals surface area contributed by atoms with Gasteiger partial charge >= 0.3 is 6.09 Å². The number of rotatable bonds is 1. The maximum atomic E-state index is 11.8. The molecule has 6 heteroatoms. The number of hydrogen-bond acceptors (Lipinski definition) is 3. The van der Waals surface area contributed by atoms with Gasteiger partial charge in [-0.15, -0.1) is 24.8 Å². The number of ether oxygens (including phenoxy) is 1. The molecular weight excluding hydrogens is 275 g/mol. The van der Waals surface area contributed by atoms with Crippen molar-refractivity contribution in [2.45, 2.75) is 26.2 Å². The van der Waals surface area contributed by atoms with Gasteiger partial charge in [-0.3, -0.25) is 4.98 Å². The fourth-order valence-electron chi connectivity index (χ4n) is 1.81. The van der Waals surface area contributed by atoms with Crippen LogP contribution in [0.1, 0.15) is 25.0 Å². The fourth-order valence-corrected chi connectivity index (χ4v) is 1.81. The molecule has 1 saturated heterocycles. The number of piperidine rings is 1. The number of carbonyl (C=O) groups is 1. The molecule has 1 aromatic rings. The van der Waals surface area contributed by atoms with E-state index in [-0.39, 0.29) is 30.9 Å². The van der Waals surface area contributed by atoms with Crippen LogP contribution in [0.4, 0.5) is 4.79 Å². The maximum Gasteiger partial charge on any atom is 0.415 e. The van der Waals surface area contributed by atoms with E-state index in [1.807, 2.05) is 6.92 Å². The van der Waals surface area contributed by atoms with Gasteiger partial charge in [0.1, 0.15) is 0 Å². The number of pyridine rings is 1. The van der Waals surface area contributed by atoms with Crippen LogP contribution < -0.4 is 4.74 Å². The van der Waals surface area contributed by atoms with Crippen LogP contribution in [0.5, 0.6) is 5.75 Å². The average molecular weight is 293 g/mol. The number of nitrogens with zero attached hydrogens (tertiary/aromatic N) is 2. The Kier molecular flexibility index (Phi) is 7.71. The molecule has 0 bridgehead atoms. The first-order chi connectivity index (χ1) is 7.77. The summed E-state index contributed by atoms with van der Waals surface area (Å²) in [6, 6.07) is 3.54. The highest BCUT2D eigenvalue weighted by atomic mass is 35.5. The summed E-state index contributed by atoms with van der Waals surface area (Å²) >= 11 is 0. The Morgan fingerprint density at radius 3 is 2.56 bits per heavy atom. The van der Waals surface area contributed by atoms with Crippen LogP contribution in [0.25, 0.3) is 0 Å². The minimum Gasteiger partial charge on any atom is -0.408 e. The largest absolute Gasteiger partial charge is 0.415 e. The highest BCUT2D eigenvalue weighted by molar-refractivity contribution is 5.85. The van der Waals surface area contributed by atoms with E-state index in [9.17, 15) is 4.79 Å². The van der Waals surface area contributed by atoms with Crippen molar-refractivity contribution in [3.8, 4) is 5.75 Å². The fraction of sp³-hybridized carbons (Fsp3) is 0.500. The predicted molar refractivity (Wildman–Crippen MR) is 74.9 cm³/mol. The zero-order valence-corrected chi connectivity index (χ0v) is 11.9. The van der Waals surface area contributed by atoms with E-state index < -0.39 is 0 Å². The number of aryl methyl sites for hydroxylation is 1. The first-order valence-electron chi connectivity index (χ1n) is 5.66. The molecule has 2 rings (SSSR count). The molecule has 0 spiro atoms. The van der Waals surface area contributed by atoms with Crippen molar-refractivity contribution >= 4 is 30.9 Å². The van der Waals surface area contributed by atoms with E-state index in [1.54, 1.807) is 23.2 Å². The summed E-state index contributed by atoms with van der Waals surface area (Å²) < 4.78 is 5.31. The van der Waals surface area contributed by atoms with Gasteiger partial charge in [-0.05, 0) is 38.3 Å². The Morgan fingerprint density at radius 2 is 1.94 bits per heavy atom. The normalized spacial score (nSPS) is 14.2. The summed E-state index contributed by atoms with van der Waals surface area (Å²) in [6.45, 7) is 3.44. The summed E-state index contributed by atoms with van der Waals surface area (Å²) in [5.74, 6) is 0.554.